The van der Waals surface area contributed by atoms with E-state index < -0.39 is 12.2 Å². The van der Waals surface area contributed by atoms with Crippen molar-refractivity contribution < 1.29 is 19.7 Å². The van der Waals surface area contributed by atoms with Gasteiger partial charge in [0, 0.05) is 18.1 Å². The van der Waals surface area contributed by atoms with Gasteiger partial charge in [0.25, 0.3) is 0 Å². The smallest absolute Gasteiger partial charge is 0.129 e. The van der Waals surface area contributed by atoms with Crippen LogP contribution in [-0.4, -0.2) is 28.0 Å². The zero-order chi connectivity index (χ0) is 14.2. The van der Waals surface area contributed by atoms with Crippen LogP contribution in [0.2, 0.25) is 0 Å². The van der Waals surface area contributed by atoms with Crippen molar-refractivity contribution in [2.24, 2.45) is 0 Å². The third kappa shape index (κ3) is 3.19. The normalized spacial score (nSPS) is 24.0. The average Bonchev–Trinajstić information content (AvgIpc) is 2.26. The van der Waals surface area contributed by atoms with E-state index in [0.717, 1.165) is 5.56 Å². The maximum atomic E-state index is 10.1. The highest BCUT2D eigenvalue weighted by Gasteiger charge is 2.32. The lowest BCUT2D eigenvalue weighted by Gasteiger charge is -2.35. The Bertz CT molecular complexity index is 453. The molecule has 1 aliphatic rings. The van der Waals surface area contributed by atoms with Gasteiger partial charge < -0.3 is 19.7 Å². The summed E-state index contributed by atoms with van der Waals surface area (Å²) in [5, 5.41) is 19.5. The maximum Gasteiger partial charge on any atom is 0.129 e. The fourth-order valence-electron chi connectivity index (χ4n) is 2.18. The quantitative estimate of drug-likeness (QED) is 0.882. The highest BCUT2D eigenvalue weighted by molar-refractivity contribution is 5.43. The lowest BCUT2D eigenvalue weighted by molar-refractivity contribution is 0.0107. The van der Waals surface area contributed by atoms with Crippen molar-refractivity contribution in [2.45, 2.75) is 58.0 Å². The molecule has 4 heteroatoms. The van der Waals surface area contributed by atoms with Gasteiger partial charge in [-0.1, -0.05) is 0 Å². The Morgan fingerprint density at radius 2 is 2.05 bits per heavy atom. The van der Waals surface area contributed by atoms with E-state index in [-0.39, 0.29) is 11.7 Å². The topological polar surface area (TPSA) is 58.9 Å². The lowest BCUT2D eigenvalue weighted by Crippen LogP contribution is -2.34. The number of rotatable bonds is 3. The van der Waals surface area contributed by atoms with Crippen LogP contribution in [0.25, 0.3) is 0 Å². The minimum Gasteiger partial charge on any atom is -0.488 e. The van der Waals surface area contributed by atoms with Crippen molar-refractivity contribution in [1.29, 1.82) is 0 Å². The molecule has 3 atom stereocenters. The molecular weight excluding hydrogens is 244 g/mol. The Labute approximate surface area is 114 Å². The van der Waals surface area contributed by atoms with E-state index >= 15 is 0 Å². The summed E-state index contributed by atoms with van der Waals surface area (Å²) < 4.78 is 11.5. The van der Waals surface area contributed by atoms with Crippen molar-refractivity contribution in [2.75, 3.05) is 0 Å². The van der Waals surface area contributed by atoms with E-state index in [0.29, 0.717) is 17.9 Å². The first-order chi connectivity index (χ1) is 8.78. The minimum atomic E-state index is -0.543. The van der Waals surface area contributed by atoms with Crippen LogP contribution in [-0.2, 0) is 0 Å². The third-order valence-corrected chi connectivity index (χ3v) is 3.42. The highest BCUT2D eigenvalue weighted by Crippen LogP contribution is 2.41. The van der Waals surface area contributed by atoms with E-state index in [1.54, 1.807) is 19.1 Å². The van der Waals surface area contributed by atoms with Crippen molar-refractivity contribution in [1.82, 2.24) is 0 Å². The Hall–Kier alpha value is -1.26. The first-order valence-corrected chi connectivity index (χ1v) is 6.64. The summed E-state index contributed by atoms with van der Waals surface area (Å²) in [4.78, 5) is 0. The Morgan fingerprint density at radius 3 is 2.68 bits per heavy atom. The van der Waals surface area contributed by atoms with Crippen LogP contribution in [0.5, 0.6) is 11.5 Å². The molecule has 0 aromatic heterocycles. The van der Waals surface area contributed by atoms with Gasteiger partial charge in [-0.2, -0.15) is 0 Å². The van der Waals surface area contributed by atoms with Gasteiger partial charge in [-0.05, 0) is 39.8 Å². The van der Waals surface area contributed by atoms with Gasteiger partial charge in [0.05, 0.1) is 12.2 Å². The molecule has 0 bridgehead atoms. The molecule has 0 radical (unpaired) electrons. The monoisotopic (exact) mass is 266 g/mol. The molecule has 1 aromatic carbocycles. The van der Waals surface area contributed by atoms with Gasteiger partial charge in [0.1, 0.15) is 23.2 Å². The first-order valence-electron chi connectivity index (χ1n) is 6.64. The number of aliphatic hydroxyl groups excluding tert-OH is 2. The number of aliphatic hydroxyl groups is 2. The molecule has 19 heavy (non-hydrogen) atoms. The summed E-state index contributed by atoms with van der Waals surface area (Å²) in [6.45, 7) is 7.40. The summed E-state index contributed by atoms with van der Waals surface area (Å²) in [6, 6.07) is 5.39. The zero-order valence-corrected chi connectivity index (χ0v) is 11.9. The molecule has 1 heterocycles. The fourth-order valence-corrected chi connectivity index (χ4v) is 2.18. The number of benzene rings is 1. The Morgan fingerprint density at radius 1 is 1.37 bits per heavy atom. The minimum absolute atomic E-state index is 0.292. The van der Waals surface area contributed by atoms with Crippen LogP contribution in [0, 0.1) is 0 Å². The van der Waals surface area contributed by atoms with Gasteiger partial charge in [-0.15, -0.1) is 0 Å². The SMILES string of the molecule is CC(O)C(C)Oc1ccc2c(c1)OC(C)(C)CC2O. The maximum absolute atomic E-state index is 10.1. The lowest BCUT2D eigenvalue weighted by atomic mass is 9.92. The van der Waals surface area contributed by atoms with Crippen LogP contribution < -0.4 is 9.47 Å². The molecule has 0 amide bonds. The van der Waals surface area contributed by atoms with Crippen molar-refractivity contribution in [3.05, 3.63) is 23.8 Å². The van der Waals surface area contributed by atoms with Crippen molar-refractivity contribution >= 4 is 0 Å². The molecule has 1 aliphatic heterocycles. The van der Waals surface area contributed by atoms with Crippen LogP contribution in [0.1, 0.15) is 45.8 Å². The van der Waals surface area contributed by atoms with Gasteiger partial charge >= 0.3 is 0 Å². The van der Waals surface area contributed by atoms with Gasteiger partial charge in [-0.3, -0.25) is 0 Å². The summed E-state index contributed by atoms with van der Waals surface area (Å²) in [5.41, 5.74) is 0.400. The van der Waals surface area contributed by atoms with Gasteiger partial charge in [0.2, 0.25) is 0 Å². The van der Waals surface area contributed by atoms with E-state index in [4.69, 9.17) is 9.47 Å². The number of hydrogen-bond donors (Lipinski definition) is 2. The third-order valence-electron chi connectivity index (χ3n) is 3.42. The number of fused-ring (bicyclic) bond motifs is 1. The molecular formula is C15H22O4. The molecule has 0 saturated carbocycles. The molecule has 0 aliphatic carbocycles. The summed E-state index contributed by atoms with van der Waals surface area (Å²) in [5.74, 6) is 1.29. The molecule has 2 rings (SSSR count). The van der Waals surface area contributed by atoms with Crippen molar-refractivity contribution in [3.8, 4) is 11.5 Å². The molecule has 106 valence electrons. The molecule has 0 saturated heterocycles. The summed E-state index contributed by atoms with van der Waals surface area (Å²) in [7, 11) is 0. The summed E-state index contributed by atoms with van der Waals surface area (Å²) >= 11 is 0. The molecule has 1 aromatic rings. The van der Waals surface area contributed by atoms with E-state index in [2.05, 4.69) is 0 Å². The largest absolute Gasteiger partial charge is 0.488 e. The van der Waals surface area contributed by atoms with Crippen LogP contribution >= 0.6 is 0 Å². The first kappa shape index (κ1) is 14.2. The second-order valence-corrected chi connectivity index (χ2v) is 5.84. The van der Waals surface area contributed by atoms with E-state index in [1.165, 1.54) is 0 Å². The van der Waals surface area contributed by atoms with Crippen LogP contribution in [0.4, 0.5) is 0 Å². The number of hydrogen-bond acceptors (Lipinski definition) is 4. The average molecular weight is 266 g/mol. The second-order valence-electron chi connectivity index (χ2n) is 5.84. The fraction of sp³-hybridized carbons (Fsp3) is 0.600. The zero-order valence-electron chi connectivity index (χ0n) is 11.9. The van der Waals surface area contributed by atoms with Crippen LogP contribution in [0.15, 0.2) is 18.2 Å². The molecule has 3 unspecified atom stereocenters. The molecule has 4 nitrogen and oxygen atoms in total. The standard InChI is InChI=1S/C15H22O4/c1-9(16)10(2)18-11-5-6-12-13(17)8-15(3,4)19-14(12)7-11/h5-7,9-10,13,16-17H,8H2,1-4H3. The van der Waals surface area contributed by atoms with Gasteiger partial charge in [-0.25, -0.2) is 0 Å². The van der Waals surface area contributed by atoms with E-state index in [1.807, 2.05) is 26.8 Å². The Kier molecular flexibility index (Phi) is 3.74. The number of ether oxygens (including phenoxy) is 2. The predicted molar refractivity (Wildman–Crippen MR) is 72.5 cm³/mol. The van der Waals surface area contributed by atoms with Crippen molar-refractivity contribution in [3.63, 3.8) is 0 Å². The van der Waals surface area contributed by atoms with Gasteiger partial charge in [0.15, 0.2) is 0 Å². The molecule has 0 fully saturated rings. The Balaban J connectivity index is 2.23. The molecule has 2 N–H and O–H groups in total. The predicted octanol–water partition coefficient (Wildman–Crippen LogP) is 2.43. The highest BCUT2D eigenvalue weighted by atomic mass is 16.5. The van der Waals surface area contributed by atoms with E-state index in [9.17, 15) is 10.2 Å². The van der Waals surface area contributed by atoms with Crippen LogP contribution in [0.3, 0.4) is 0 Å². The second kappa shape index (κ2) is 5.02. The summed E-state index contributed by atoms with van der Waals surface area (Å²) in [6.07, 6.45) is -0.773. The molecule has 0 spiro atoms.